The van der Waals surface area contributed by atoms with E-state index in [-0.39, 0.29) is 16.6 Å². The molecule has 0 heterocycles. The summed E-state index contributed by atoms with van der Waals surface area (Å²) in [4.78, 5) is 11.9. The molecule has 0 saturated heterocycles. The van der Waals surface area contributed by atoms with Crippen LogP contribution < -0.4 is 4.74 Å². The number of carbonyl (C=O) groups excluding carboxylic acids is 1. The highest BCUT2D eigenvalue weighted by Gasteiger charge is 2.51. The van der Waals surface area contributed by atoms with E-state index in [9.17, 15) is 4.79 Å². The van der Waals surface area contributed by atoms with Crippen LogP contribution in [-0.4, -0.2) is 12.9 Å². The Morgan fingerprint density at radius 1 is 1.30 bits per heavy atom. The van der Waals surface area contributed by atoms with Gasteiger partial charge in [-0.25, -0.2) is 0 Å². The lowest BCUT2D eigenvalue weighted by Crippen LogP contribution is -2.39. The minimum Gasteiger partial charge on any atom is -0.496 e. The quantitative estimate of drug-likeness (QED) is 0.812. The molecule has 0 aliphatic heterocycles. The molecule has 1 saturated carbocycles. The lowest BCUT2D eigenvalue weighted by Gasteiger charge is -2.42. The molecule has 1 aliphatic rings. The lowest BCUT2D eigenvalue weighted by atomic mass is 9.61. The number of carbonyl (C=O) groups is 1. The van der Waals surface area contributed by atoms with Gasteiger partial charge in [0.2, 0.25) is 0 Å². The van der Waals surface area contributed by atoms with Crippen LogP contribution in [0.2, 0.25) is 0 Å². The van der Waals surface area contributed by atoms with E-state index in [1.807, 2.05) is 6.07 Å². The Balaban J connectivity index is 2.64. The van der Waals surface area contributed by atoms with Gasteiger partial charge in [0.15, 0.2) is 0 Å². The Kier molecular flexibility index (Phi) is 3.95. The van der Waals surface area contributed by atoms with Crippen LogP contribution in [0, 0.1) is 12.3 Å². The Labute approximate surface area is 122 Å². The number of aryl methyl sites for hydroxylation is 1. The van der Waals surface area contributed by atoms with Crippen LogP contribution in [0.3, 0.4) is 0 Å². The van der Waals surface area contributed by atoms with Gasteiger partial charge in [-0.3, -0.25) is 4.79 Å². The minimum absolute atomic E-state index is 0.0871. The molecule has 1 atom stereocenters. The molecule has 0 spiro atoms. The van der Waals surface area contributed by atoms with Gasteiger partial charge in [-0.2, -0.15) is 0 Å². The number of benzene rings is 1. The van der Waals surface area contributed by atoms with Crippen molar-refractivity contribution in [1.29, 1.82) is 0 Å². The molecule has 1 fully saturated rings. The Hall–Kier alpha value is -1.31. The smallest absolute Gasteiger partial charge is 0.130 e. The van der Waals surface area contributed by atoms with E-state index in [4.69, 9.17) is 4.74 Å². The maximum Gasteiger partial charge on any atom is 0.130 e. The van der Waals surface area contributed by atoms with Crippen molar-refractivity contribution < 1.29 is 9.53 Å². The highest BCUT2D eigenvalue weighted by molar-refractivity contribution is 5.78. The van der Waals surface area contributed by atoms with Crippen LogP contribution in [0.25, 0.3) is 0 Å². The predicted molar refractivity (Wildman–Crippen MR) is 82.3 cm³/mol. The van der Waals surface area contributed by atoms with Gasteiger partial charge < -0.3 is 4.74 Å². The fourth-order valence-corrected chi connectivity index (χ4v) is 3.95. The molecule has 2 heteroatoms. The van der Waals surface area contributed by atoms with Gasteiger partial charge in [0.05, 0.1) is 7.11 Å². The van der Waals surface area contributed by atoms with E-state index >= 15 is 0 Å². The van der Waals surface area contributed by atoms with Gasteiger partial charge in [-0.05, 0) is 38.2 Å². The average Bonchev–Trinajstić information content (AvgIpc) is 2.64. The molecule has 1 aromatic carbocycles. The van der Waals surface area contributed by atoms with E-state index < -0.39 is 0 Å². The molecule has 2 nitrogen and oxygen atoms in total. The molecule has 20 heavy (non-hydrogen) atoms. The van der Waals surface area contributed by atoms with Crippen LogP contribution in [0.15, 0.2) is 18.2 Å². The Bertz CT molecular complexity index is 516. The van der Waals surface area contributed by atoms with Crippen LogP contribution in [0.4, 0.5) is 0 Å². The lowest BCUT2D eigenvalue weighted by molar-refractivity contribution is -0.119. The summed E-state index contributed by atoms with van der Waals surface area (Å²) in [7, 11) is 1.72. The molecule has 0 unspecified atom stereocenters. The topological polar surface area (TPSA) is 26.3 Å². The molecular formula is C18H26O2. The number of Topliss-reactive ketones (excluding diaryl/α,β-unsaturated/α-hetero) is 1. The predicted octanol–water partition coefficient (Wildman–Crippen LogP) is 4.43. The average molecular weight is 274 g/mol. The first kappa shape index (κ1) is 15.1. The number of hydrogen-bond donors (Lipinski definition) is 0. The summed E-state index contributed by atoms with van der Waals surface area (Å²) < 4.78 is 5.60. The van der Waals surface area contributed by atoms with E-state index in [0.717, 1.165) is 18.6 Å². The zero-order valence-corrected chi connectivity index (χ0v) is 13.4. The highest BCUT2D eigenvalue weighted by atomic mass is 16.5. The van der Waals surface area contributed by atoms with Crippen molar-refractivity contribution >= 4 is 5.78 Å². The molecule has 2 rings (SSSR count). The summed E-state index contributed by atoms with van der Waals surface area (Å²) in [6, 6.07) is 6.33. The van der Waals surface area contributed by atoms with Crippen molar-refractivity contribution in [3.8, 4) is 5.75 Å². The molecule has 0 radical (unpaired) electrons. The molecule has 1 aliphatic carbocycles. The van der Waals surface area contributed by atoms with Crippen molar-refractivity contribution in [3.63, 3.8) is 0 Å². The van der Waals surface area contributed by atoms with Crippen LogP contribution >= 0.6 is 0 Å². The number of ether oxygens (including phenoxy) is 1. The maximum atomic E-state index is 11.9. The molecule has 1 aromatic rings. The number of ketones is 1. The molecule has 110 valence electrons. The van der Waals surface area contributed by atoms with Crippen molar-refractivity contribution in [2.24, 2.45) is 5.41 Å². The summed E-state index contributed by atoms with van der Waals surface area (Å²) in [5, 5.41) is 0. The van der Waals surface area contributed by atoms with Crippen LogP contribution in [0.1, 0.15) is 57.6 Å². The summed E-state index contributed by atoms with van der Waals surface area (Å²) in [5.41, 5.74) is 2.49. The molecule has 0 N–H and O–H groups in total. The fraction of sp³-hybridized carbons (Fsp3) is 0.611. The largest absolute Gasteiger partial charge is 0.496 e. The van der Waals surface area contributed by atoms with Gasteiger partial charge >= 0.3 is 0 Å². The van der Waals surface area contributed by atoms with Crippen molar-refractivity contribution in [3.05, 3.63) is 29.3 Å². The SMILES string of the molecule is COc1ccc(C)cc1[C@]1(CC(C)=O)CCCC1(C)C. The van der Waals surface area contributed by atoms with E-state index in [0.29, 0.717) is 6.42 Å². The number of rotatable bonds is 4. The van der Waals surface area contributed by atoms with Gasteiger partial charge in [0, 0.05) is 17.4 Å². The van der Waals surface area contributed by atoms with E-state index in [2.05, 4.69) is 32.9 Å². The van der Waals surface area contributed by atoms with Crippen molar-refractivity contribution in [2.45, 2.75) is 58.8 Å². The van der Waals surface area contributed by atoms with Crippen LogP contribution in [0.5, 0.6) is 5.75 Å². The first-order valence-electron chi connectivity index (χ1n) is 7.47. The fourth-order valence-electron chi connectivity index (χ4n) is 3.95. The van der Waals surface area contributed by atoms with E-state index in [1.165, 1.54) is 17.5 Å². The molecule has 0 amide bonds. The third kappa shape index (κ3) is 2.36. The van der Waals surface area contributed by atoms with Gasteiger partial charge in [-0.15, -0.1) is 0 Å². The summed E-state index contributed by atoms with van der Waals surface area (Å²) in [5.74, 6) is 1.19. The summed E-state index contributed by atoms with van der Waals surface area (Å²) in [6.07, 6.45) is 4.02. The summed E-state index contributed by atoms with van der Waals surface area (Å²) in [6.45, 7) is 8.40. The second kappa shape index (κ2) is 5.23. The van der Waals surface area contributed by atoms with Crippen molar-refractivity contribution in [2.75, 3.05) is 7.11 Å². The molecular weight excluding hydrogens is 248 g/mol. The Morgan fingerprint density at radius 2 is 2.00 bits per heavy atom. The van der Waals surface area contributed by atoms with E-state index in [1.54, 1.807) is 14.0 Å². The van der Waals surface area contributed by atoms with Gasteiger partial charge in [0.25, 0.3) is 0 Å². The zero-order valence-electron chi connectivity index (χ0n) is 13.4. The number of methoxy groups -OCH3 is 1. The normalized spacial score (nSPS) is 24.6. The minimum atomic E-state index is -0.0871. The third-order valence-electron chi connectivity index (χ3n) is 5.12. The summed E-state index contributed by atoms with van der Waals surface area (Å²) >= 11 is 0. The maximum absolute atomic E-state index is 11.9. The first-order valence-corrected chi connectivity index (χ1v) is 7.47. The number of hydrogen-bond acceptors (Lipinski definition) is 2. The monoisotopic (exact) mass is 274 g/mol. The van der Waals surface area contributed by atoms with Crippen LogP contribution in [-0.2, 0) is 10.2 Å². The third-order valence-corrected chi connectivity index (χ3v) is 5.12. The Morgan fingerprint density at radius 3 is 2.50 bits per heavy atom. The molecule has 0 aromatic heterocycles. The first-order chi connectivity index (χ1) is 9.32. The zero-order chi connectivity index (χ0) is 15.0. The second-order valence-electron chi connectivity index (χ2n) is 6.90. The highest BCUT2D eigenvalue weighted by Crippen LogP contribution is 2.58. The standard InChI is InChI=1S/C18H26O2/c1-13-7-8-16(20-5)15(11-13)18(12-14(2)19)10-6-9-17(18,3)4/h7-8,11H,6,9-10,12H2,1-5H3/t18-/m1/s1. The second-order valence-corrected chi connectivity index (χ2v) is 6.90. The van der Waals surface area contributed by atoms with Gasteiger partial charge in [-0.1, -0.05) is 38.0 Å². The van der Waals surface area contributed by atoms with Crippen molar-refractivity contribution in [1.82, 2.24) is 0 Å². The molecule has 0 bridgehead atoms. The van der Waals surface area contributed by atoms with Gasteiger partial charge in [0.1, 0.15) is 11.5 Å².